The Labute approximate surface area is 135 Å². The Morgan fingerprint density at radius 1 is 1.45 bits per heavy atom. The van der Waals surface area contributed by atoms with Gasteiger partial charge in [0.05, 0.1) is 5.56 Å². The number of aryl methyl sites for hydroxylation is 2. The average molecular weight is 315 g/mol. The lowest BCUT2D eigenvalue weighted by atomic mass is 9.98. The maximum absolute atomic E-state index is 8.92. The maximum Gasteiger partial charge on any atom is 0.147 e. The Balaban J connectivity index is 1.59. The van der Waals surface area contributed by atoms with Crippen LogP contribution in [0.4, 0.5) is 0 Å². The molecular weight excluding hydrogens is 294 g/mol. The summed E-state index contributed by atoms with van der Waals surface area (Å²) in [7, 11) is 0. The summed E-state index contributed by atoms with van der Waals surface area (Å²) in [5.74, 6) is 2.49. The molecule has 0 saturated carbocycles. The van der Waals surface area contributed by atoms with Crippen molar-refractivity contribution in [2.45, 2.75) is 39.8 Å². The van der Waals surface area contributed by atoms with Crippen LogP contribution in [0.3, 0.4) is 0 Å². The first kappa shape index (κ1) is 15.2. The zero-order valence-electron chi connectivity index (χ0n) is 13.1. The van der Waals surface area contributed by atoms with E-state index in [-0.39, 0.29) is 0 Å². The first-order valence-corrected chi connectivity index (χ1v) is 8.60. The minimum atomic E-state index is 0.629. The molecule has 1 saturated heterocycles. The molecule has 116 valence electrons. The maximum atomic E-state index is 8.92. The monoisotopic (exact) mass is 315 g/mol. The van der Waals surface area contributed by atoms with E-state index in [2.05, 4.69) is 21.1 Å². The topological polar surface area (TPSA) is 57.7 Å². The Morgan fingerprint density at radius 3 is 3.00 bits per heavy atom. The minimum absolute atomic E-state index is 0.629. The van der Waals surface area contributed by atoms with Gasteiger partial charge >= 0.3 is 0 Å². The van der Waals surface area contributed by atoms with Crippen molar-refractivity contribution in [2.75, 3.05) is 13.1 Å². The molecule has 0 spiro atoms. The summed E-state index contributed by atoms with van der Waals surface area (Å²) in [6.07, 6.45) is 2.48. The second kappa shape index (κ2) is 6.59. The van der Waals surface area contributed by atoms with Crippen LogP contribution in [-0.2, 0) is 13.1 Å². The van der Waals surface area contributed by atoms with Crippen LogP contribution < -0.4 is 0 Å². The lowest BCUT2D eigenvalue weighted by Gasteiger charge is -2.32. The SMILES string of the molecule is Cc1nc(C)n(CC2CCCN(Cc3cc(C#N)cs3)C2)n1. The predicted molar refractivity (Wildman–Crippen MR) is 86.5 cm³/mol. The van der Waals surface area contributed by atoms with Crippen molar-refractivity contribution in [1.82, 2.24) is 19.7 Å². The molecule has 0 amide bonds. The zero-order chi connectivity index (χ0) is 15.5. The predicted octanol–water partition coefficient (Wildman–Crippen LogP) is 2.74. The third kappa shape index (κ3) is 3.54. The van der Waals surface area contributed by atoms with Crippen LogP contribution >= 0.6 is 11.3 Å². The molecule has 3 heterocycles. The quantitative estimate of drug-likeness (QED) is 0.870. The second-order valence-electron chi connectivity index (χ2n) is 6.05. The van der Waals surface area contributed by atoms with Crippen LogP contribution in [0.15, 0.2) is 11.4 Å². The standard InChI is InChI=1S/C16H21N5S/c1-12-18-13(2)21(19-12)9-14-4-3-5-20(8-14)10-16-6-15(7-17)11-22-16/h6,11,14H,3-5,8-10H2,1-2H3. The molecule has 0 bridgehead atoms. The van der Waals surface area contributed by atoms with Crippen LogP contribution in [-0.4, -0.2) is 32.8 Å². The van der Waals surface area contributed by atoms with Crippen LogP contribution in [0.5, 0.6) is 0 Å². The Kier molecular flexibility index (Phi) is 4.55. The lowest BCUT2D eigenvalue weighted by molar-refractivity contribution is 0.154. The molecule has 2 aromatic rings. The molecule has 5 nitrogen and oxygen atoms in total. The second-order valence-corrected chi connectivity index (χ2v) is 7.04. The van der Waals surface area contributed by atoms with Gasteiger partial charge in [0.1, 0.15) is 17.7 Å². The molecule has 1 fully saturated rings. The van der Waals surface area contributed by atoms with Gasteiger partial charge in [-0.25, -0.2) is 9.67 Å². The molecule has 0 aliphatic carbocycles. The number of hydrogen-bond acceptors (Lipinski definition) is 5. The van der Waals surface area contributed by atoms with E-state index in [1.54, 1.807) is 11.3 Å². The van der Waals surface area contributed by atoms with E-state index in [1.165, 1.54) is 17.7 Å². The van der Waals surface area contributed by atoms with E-state index in [1.807, 2.05) is 30.0 Å². The fourth-order valence-electron chi connectivity index (χ4n) is 3.17. The Bertz CT molecular complexity index is 681. The van der Waals surface area contributed by atoms with E-state index >= 15 is 0 Å². The van der Waals surface area contributed by atoms with Gasteiger partial charge in [0, 0.05) is 29.9 Å². The van der Waals surface area contributed by atoms with Gasteiger partial charge in [-0.15, -0.1) is 11.3 Å². The highest BCUT2D eigenvalue weighted by Gasteiger charge is 2.21. The van der Waals surface area contributed by atoms with E-state index in [9.17, 15) is 0 Å². The normalized spacial score (nSPS) is 19.2. The lowest BCUT2D eigenvalue weighted by Crippen LogP contribution is -2.36. The van der Waals surface area contributed by atoms with Crippen molar-refractivity contribution >= 4 is 11.3 Å². The number of aromatic nitrogens is 3. The summed E-state index contributed by atoms with van der Waals surface area (Å²) in [6.45, 7) is 8.12. The molecule has 3 rings (SSSR count). The molecule has 0 N–H and O–H groups in total. The van der Waals surface area contributed by atoms with E-state index in [0.717, 1.165) is 43.4 Å². The van der Waals surface area contributed by atoms with Crippen molar-refractivity contribution in [3.63, 3.8) is 0 Å². The van der Waals surface area contributed by atoms with Gasteiger partial charge in [0.15, 0.2) is 0 Å². The minimum Gasteiger partial charge on any atom is -0.298 e. The largest absolute Gasteiger partial charge is 0.298 e. The number of nitriles is 1. The van der Waals surface area contributed by atoms with Crippen molar-refractivity contribution in [3.8, 4) is 6.07 Å². The number of nitrogens with zero attached hydrogens (tertiary/aromatic N) is 5. The van der Waals surface area contributed by atoms with Crippen LogP contribution in [0.2, 0.25) is 0 Å². The van der Waals surface area contributed by atoms with Crippen molar-refractivity contribution < 1.29 is 0 Å². The first-order valence-electron chi connectivity index (χ1n) is 7.72. The summed E-state index contributed by atoms with van der Waals surface area (Å²) in [5.41, 5.74) is 0.780. The van der Waals surface area contributed by atoms with E-state index in [0.29, 0.717) is 5.92 Å². The van der Waals surface area contributed by atoms with E-state index < -0.39 is 0 Å². The molecule has 2 aromatic heterocycles. The number of thiophene rings is 1. The molecule has 1 aliphatic rings. The smallest absolute Gasteiger partial charge is 0.147 e. The summed E-state index contributed by atoms with van der Waals surface area (Å²) in [4.78, 5) is 8.17. The molecule has 6 heteroatoms. The third-order valence-corrected chi connectivity index (χ3v) is 5.08. The van der Waals surface area contributed by atoms with Gasteiger partial charge in [-0.1, -0.05) is 0 Å². The summed E-state index contributed by atoms with van der Waals surface area (Å²) >= 11 is 1.69. The number of rotatable bonds is 4. The Hall–Kier alpha value is -1.71. The van der Waals surface area contributed by atoms with Gasteiger partial charge < -0.3 is 0 Å². The van der Waals surface area contributed by atoms with Gasteiger partial charge in [-0.2, -0.15) is 10.4 Å². The third-order valence-electron chi connectivity index (χ3n) is 4.16. The van der Waals surface area contributed by atoms with Gasteiger partial charge in [0.25, 0.3) is 0 Å². The average Bonchev–Trinajstić information content (AvgIpc) is 3.06. The highest BCUT2D eigenvalue weighted by atomic mass is 32.1. The summed E-state index contributed by atoms with van der Waals surface area (Å²) < 4.78 is 2.04. The first-order chi connectivity index (χ1) is 10.6. The molecule has 0 aromatic carbocycles. The molecule has 0 radical (unpaired) electrons. The zero-order valence-corrected chi connectivity index (χ0v) is 13.9. The highest BCUT2D eigenvalue weighted by Crippen LogP contribution is 2.23. The number of likely N-dealkylation sites (tertiary alicyclic amines) is 1. The summed E-state index contributed by atoms with van der Waals surface area (Å²) in [6, 6.07) is 4.22. The van der Waals surface area contributed by atoms with Crippen LogP contribution in [0.25, 0.3) is 0 Å². The highest BCUT2D eigenvalue weighted by molar-refractivity contribution is 7.10. The van der Waals surface area contributed by atoms with Crippen LogP contribution in [0, 0.1) is 31.1 Å². The van der Waals surface area contributed by atoms with E-state index in [4.69, 9.17) is 5.26 Å². The fraction of sp³-hybridized carbons (Fsp3) is 0.562. The number of piperidine rings is 1. The van der Waals surface area contributed by atoms with Gasteiger partial charge in [-0.05, 0) is 45.2 Å². The molecule has 1 atom stereocenters. The fourth-order valence-corrected chi connectivity index (χ4v) is 4.02. The molecular formula is C16H21N5S. The summed E-state index contributed by atoms with van der Waals surface area (Å²) in [5, 5.41) is 15.3. The molecule has 1 unspecified atom stereocenters. The van der Waals surface area contributed by atoms with Gasteiger partial charge in [0.2, 0.25) is 0 Å². The number of hydrogen-bond donors (Lipinski definition) is 0. The van der Waals surface area contributed by atoms with Crippen molar-refractivity contribution in [1.29, 1.82) is 5.26 Å². The van der Waals surface area contributed by atoms with Crippen LogP contribution in [0.1, 0.15) is 34.9 Å². The van der Waals surface area contributed by atoms with Gasteiger partial charge in [-0.3, -0.25) is 4.90 Å². The molecule has 1 aliphatic heterocycles. The van der Waals surface area contributed by atoms with Crippen molar-refractivity contribution in [2.24, 2.45) is 5.92 Å². The van der Waals surface area contributed by atoms with Crippen molar-refractivity contribution in [3.05, 3.63) is 33.5 Å². The molecule has 22 heavy (non-hydrogen) atoms. The Morgan fingerprint density at radius 2 is 2.32 bits per heavy atom.